The predicted molar refractivity (Wildman–Crippen MR) is 117 cm³/mol. The lowest BCUT2D eigenvalue weighted by Gasteiger charge is -2.14. The van der Waals surface area contributed by atoms with Crippen LogP contribution >= 0.6 is 11.3 Å². The molecular formula is C21H23N3O5S. The van der Waals surface area contributed by atoms with Crippen LogP contribution in [0.15, 0.2) is 30.3 Å². The van der Waals surface area contributed by atoms with Gasteiger partial charge in [-0.1, -0.05) is 25.2 Å². The zero-order valence-corrected chi connectivity index (χ0v) is 18.2. The SMILES string of the molecule is COc1cc(C(=O)Nc2ccc3sc(NC(=O)C(C)C)nc3c2)cc(OC)c1OC. The Morgan fingerprint density at radius 1 is 0.967 bits per heavy atom. The Morgan fingerprint density at radius 2 is 1.63 bits per heavy atom. The van der Waals surface area contributed by atoms with Crippen LogP contribution in [0.4, 0.5) is 10.8 Å². The van der Waals surface area contributed by atoms with E-state index < -0.39 is 0 Å². The van der Waals surface area contributed by atoms with E-state index in [4.69, 9.17) is 14.2 Å². The van der Waals surface area contributed by atoms with Crippen molar-refractivity contribution in [2.75, 3.05) is 32.0 Å². The van der Waals surface area contributed by atoms with Crippen LogP contribution in [-0.4, -0.2) is 38.1 Å². The highest BCUT2D eigenvalue weighted by molar-refractivity contribution is 7.22. The molecule has 0 saturated carbocycles. The van der Waals surface area contributed by atoms with Crippen LogP contribution in [0.5, 0.6) is 17.2 Å². The van der Waals surface area contributed by atoms with Crippen molar-refractivity contribution in [3.05, 3.63) is 35.9 Å². The fourth-order valence-corrected chi connectivity index (χ4v) is 3.57. The molecule has 0 aliphatic carbocycles. The van der Waals surface area contributed by atoms with Crippen molar-refractivity contribution in [2.45, 2.75) is 13.8 Å². The van der Waals surface area contributed by atoms with Gasteiger partial charge in [-0.3, -0.25) is 9.59 Å². The molecule has 0 aliphatic heterocycles. The Morgan fingerprint density at radius 3 is 2.20 bits per heavy atom. The Balaban J connectivity index is 1.83. The molecule has 1 aromatic heterocycles. The summed E-state index contributed by atoms with van der Waals surface area (Å²) in [5.74, 6) is 0.633. The second-order valence-corrected chi connectivity index (χ2v) is 7.74. The maximum atomic E-state index is 12.8. The van der Waals surface area contributed by atoms with E-state index in [1.807, 2.05) is 19.9 Å². The summed E-state index contributed by atoms with van der Waals surface area (Å²) in [5.41, 5.74) is 1.61. The number of nitrogens with one attached hydrogen (secondary N) is 2. The van der Waals surface area contributed by atoms with E-state index in [1.54, 1.807) is 24.3 Å². The van der Waals surface area contributed by atoms with Gasteiger partial charge in [0.2, 0.25) is 11.7 Å². The van der Waals surface area contributed by atoms with Crippen LogP contribution in [-0.2, 0) is 4.79 Å². The highest BCUT2D eigenvalue weighted by atomic mass is 32.1. The van der Waals surface area contributed by atoms with Crippen molar-refractivity contribution in [1.29, 1.82) is 0 Å². The third-order valence-corrected chi connectivity index (χ3v) is 5.28. The summed E-state index contributed by atoms with van der Waals surface area (Å²) in [7, 11) is 4.48. The minimum atomic E-state index is -0.336. The first kappa shape index (κ1) is 21.4. The van der Waals surface area contributed by atoms with Crippen LogP contribution in [0.3, 0.4) is 0 Å². The highest BCUT2D eigenvalue weighted by Crippen LogP contribution is 2.38. The summed E-state index contributed by atoms with van der Waals surface area (Å²) in [6.07, 6.45) is 0. The van der Waals surface area contributed by atoms with Gasteiger partial charge in [0.05, 0.1) is 31.5 Å². The Hall–Kier alpha value is -3.33. The third kappa shape index (κ3) is 4.46. The zero-order chi connectivity index (χ0) is 21.8. The van der Waals surface area contributed by atoms with E-state index in [9.17, 15) is 9.59 Å². The molecule has 9 heteroatoms. The normalized spacial score (nSPS) is 10.7. The number of aromatic nitrogens is 1. The fraction of sp³-hybridized carbons (Fsp3) is 0.286. The summed E-state index contributed by atoms with van der Waals surface area (Å²) in [6.45, 7) is 3.64. The zero-order valence-electron chi connectivity index (χ0n) is 17.4. The minimum Gasteiger partial charge on any atom is -0.493 e. The van der Waals surface area contributed by atoms with Crippen molar-refractivity contribution in [1.82, 2.24) is 4.98 Å². The van der Waals surface area contributed by atoms with Gasteiger partial charge in [0, 0.05) is 17.2 Å². The molecule has 0 radical (unpaired) electrons. The number of rotatable bonds is 7. The molecule has 3 aromatic rings. The first-order chi connectivity index (χ1) is 14.4. The summed E-state index contributed by atoms with van der Waals surface area (Å²) < 4.78 is 16.8. The van der Waals surface area contributed by atoms with Gasteiger partial charge in [-0.2, -0.15) is 0 Å². The average molecular weight is 429 g/mol. The number of amides is 2. The quantitative estimate of drug-likeness (QED) is 0.585. The number of hydrogen-bond donors (Lipinski definition) is 2. The van der Waals surface area contributed by atoms with Gasteiger partial charge in [0.25, 0.3) is 5.91 Å². The molecule has 0 spiro atoms. The van der Waals surface area contributed by atoms with Gasteiger partial charge >= 0.3 is 0 Å². The number of benzene rings is 2. The molecule has 2 aromatic carbocycles. The molecule has 0 aliphatic rings. The molecule has 158 valence electrons. The number of hydrogen-bond acceptors (Lipinski definition) is 7. The number of methoxy groups -OCH3 is 3. The van der Waals surface area contributed by atoms with Crippen molar-refractivity contribution in [3.63, 3.8) is 0 Å². The summed E-state index contributed by atoms with van der Waals surface area (Å²) in [5, 5.41) is 6.16. The Bertz CT molecular complexity index is 1070. The molecular weight excluding hydrogens is 406 g/mol. The number of anilines is 2. The first-order valence-corrected chi connectivity index (χ1v) is 10.0. The lowest BCUT2D eigenvalue weighted by Crippen LogP contribution is -2.17. The number of ether oxygens (including phenoxy) is 3. The topological polar surface area (TPSA) is 98.8 Å². The molecule has 30 heavy (non-hydrogen) atoms. The number of nitrogens with zero attached hydrogens (tertiary/aromatic N) is 1. The lowest BCUT2D eigenvalue weighted by atomic mass is 10.1. The number of carbonyl (C=O) groups excluding carboxylic acids is 2. The Kier molecular flexibility index (Phi) is 6.41. The van der Waals surface area contributed by atoms with Gasteiger partial charge < -0.3 is 24.8 Å². The second-order valence-electron chi connectivity index (χ2n) is 6.71. The molecule has 2 amide bonds. The minimum absolute atomic E-state index is 0.0926. The van der Waals surface area contributed by atoms with E-state index in [1.165, 1.54) is 32.7 Å². The van der Waals surface area contributed by atoms with Crippen molar-refractivity contribution in [3.8, 4) is 17.2 Å². The van der Waals surface area contributed by atoms with Crippen molar-refractivity contribution < 1.29 is 23.8 Å². The van der Waals surface area contributed by atoms with Crippen LogP contribution < -0.4 is 24.8 Å². The number of thiazole rings is 1. The molecule has 0 bridgehead atoms. The smallest absolute Gasteiger partial charge is 0.255 e. The summed E-state index contributed by atoms with van der Waals surface area (Å²) in [6, 6.07) is 8.55. The second kappa shape index (κ2) is 9.00. The highest BCUT2D eigenvalue weighted by Gasteiger charge is 2.17. The molecule has 1 heterocycles. The number of carbonyl (C=O) groups is 2. The summed E-state index contributed by atoms with van der Waals surface area (Å²) >= 11 is 1.38. The average Bonchev–Trinajstić information content (AvgIpc) is 3.13. The van der Waals surface area contributed by atoms with Crippen LogP contribution in [0.1, 0.15) is 24.2 Å². The largest absolute Gasteiger partial charge is 0.493 e. The maximum Gasteiger partial charge on any atom is 0.255 e. The molecule has 0 atom stereocenters. The van der Waals surface area contributed by atoms with Gasteiger partial charge in [-0.15, -0.1) is 0 Å². The van der Waals surface area contributed by atoms with Gasteiger partial charge in [0.1, 0.15) is 0 Å². The Labute approximate surface area is 178 Å². The van der Waals surface area contributed by atoms with Crippen molar-refractivity contribution in [2.24, 2.45) is 5.92 Å². The number of fused-ring (bicyclic) bond motifs is 1. The predicted octanol–water partition coefficient (Wildman–Crippen LogP) is 4.17. The van der Waals surface area contributed by atoms with Crippen molar-refractivity contribution >= 4 is 44.2 Å². The van der Waals surface area contributed by atoms with Gasteiger partial charge in [-0.05, 0) is 30.3 Å². The van der Waals surface area contributed by atoms with E-state index in [0.29, 0.717) is 39.1 Å². The molecule has 0 saturated heterocycles. The van der Waals surface area contributed by atoms with E-state index in [0.717, 1.165) is 4.70 Å². The first-order valence-electron chi connectivity index (χ1n) is 9.19. The lowest BCUT2D eigenvalue weighted by molar-refractivity contribution is -0.118. The maximum absolute atomic E-state index is 12.8. The van der Waals surface area contributed by atoms with Crippen LogP contribution in [0.2, 0.25) is 0 Å². The molecule has 0 unspecified atom stereocenters. The van der Waals surface area contributed by atoms with Crippen LogP contribution in [0, 0.1) is 5.92 Å². The van der Waals surface area contributed by atoms with Gasteiger partial charge in [-0.25, -0.2) is 4.98 Å². The van der Waals surface area contributed by atoms with E-state index in [2.05, 4.69) is 15.6 Å². The van der Waals surface area contributed by atoms with Crippen LogP contribution in [0.25, 0.3) is 10.2 Å². The van der Waals surface area contributed by atoms with E-state index in [-0.39, 0.29) is 17.7 Å². The monoisotopic (exact) mass is 429 g/mol. The molecule has 8 nitrogen and oxygen atoms in total. The molecule has 2 N–H and O–H groups in total. The van der Waals surface area contributed by atoms with E-state index >= 15 is 0 Å². The molecule has 3 rings (SSSR count). The molecule has 0 fully saturated rings. The van der Waals surface area contributed by atoms with Gasteiger partial charge in [0.15, 0.2) is 16.6 Å². The standard InChI is InChI=1S/C21H23N3O5S/c1-11(2)19(25)24-21-23-14-10-13(6-7-17(14)30-21)22-20(26)12-8-15(27-3)18(29-5)16(9-12)28-4/h6-11H,1-5H3,(H,22,26)(H,23,24,25). The summed E-state index contributed by atoms with van der Waals surface area (Å²) in [4.78, 5) is 29.1. The fourth-order valence-electron chi connectivity index (χ4n) is 2.72. The third-order valence-electron chi connectivity index (χ3n) is 4.33.